The quantitative estimate of drug-likeness (QED) is 0.885. The fourth-order valence-corrected chi connectivity index (χ4v) is 2.94. The van der Waals surface area contributed by atoms with Crippen LogP contribution in [-0.4, -0.2) is 11.2 Å². The Bertz CT molecular complexity index is 399. The van der Waals surface area contributed by atoms with Crippen LogP contribution in [0.2, 0.25) is 0 Å². The minimum atomic E-state index is -0.652. The topological polar surface area (TPSA) is 46.2 Å². The molecule has 0 saturated heterocycles. The number of nitrogens with two attached hydrogens (primary N) is 1. The van der Waals surface area contributed by atoms with Crippen molar-refractivity contribution in [1.82, 2.24) is 0 Å². The Kier molecular flexibility index (Phi) is 6.05. The summed E-state index contributed by atoms with van der Waals surface area (Å²) in [5, 5.41) is 10.2. The molecule has 1 saturated carbocycles. The molecule has 0 aliphatic heterocycles. The van der Waals surface area contributed by atoms with Crippen molar-refractivity contribution in [3.8, 4) is 0 Å². The molecule has 5 heteroatoms. The summed E-state index contributed by atoms with van der Waals surface area (Å²) in [5.74, 6) is -0.152. The average Bonchev–Trinajstić information content (AvgIpc) is 2.84. The first-order valence-electron chi connectivity index (χ1n) is 5.99. The molecule has 1 aromatic rings. The van der Waals surface area contributed by atoms with Crippen molar-refractivity contribution in [2.45, 2.75) is 37.8 Å². The highest BCUT2D eigenvalue weighted by Crippen LogP contribution is 2.34. The van der Waals surface area contributed by atoms with Crippen molar-refractivity contribution in [1.29, 1.82) is 0 Å². The molecule has 0 aromatic heterocycles. The monoisotopic (exact) mass is 337 g/mol. The average molecular weight is 339 g/mol. The normalized spacial score (nSPS) is 19.3. The minimum Gasteiger partial charge on any atom is -0.391 e. The van der Waals surface area contributed by atoms with E-state index in [1.165, 1.54) is 0 Å². The van der Waals surface area contributed by atoms with Crippen LogP contribution in [0.15, 0.2) is 22.7 Å². The number of hydrogen-bond donors (Lipinski definition) is 2. The van der Waals surface area contributed by atoms with Crippen LogP contribution in [0.4, 0.5) is 4.39 Å². The van der Waals surface area contributed by atoms with Gasteiger partial charge in [0.25, 0.3) is 0 Å². The highest BCUT2D eigenvalue weighted by atomic mass is 79.9. The van der Waals surface area contributed by atoms with E-state index in [2.05, 4.69) is 15.9 Å². The summed E-state index contributed by atoms with van der Waals surface area (Å²) in [6.45, 7) is 0. The van der Waals surface area contributed by atoms with E-state index in [0.717, 1.165) is 25.7 Å². The molecule has 2 rings (SSSR count). The Morgan fingerprint density at radius 1 is 1.33 bits per heavy atom. The fraction of sp³-hybridized carbons (Fsp3) is 0.538. The molecule has 2 atom stereocenters. The number of hydrogen-bond acceptors (Lipinski definition) is 2. The molecule has 18 heavy (non-hydrogen) atoms. The Hall–Kier alpha value is -0.160. The highest BCUT2D eigenvalue weighted by molar-refractivity contribution is 9.10. The van der Waals surface area contributed by atoms with Gasteiger partial charge < -0.3 is 10.8 Å². The maximum Gasteiger partial charge on any atom is 0.142 e. The van der Waals surface area contributed by atoms with Gasteiger partial charge >= 0.3 is 0 Å². The van der Waals surface area contributed by atoms with Crippen molar-refractivity contribution in [2.24, 2.45) is 11.7 Å². The van der Waals surface area contributed by atoms with Crippen LogP contribution in [0.25, 0.3) is 0 Å². The zero-order valence-corrected chi connectivity index (χ0v) is 12.4. The molecular formula is C13H18BrClFNO. The molecule has 1 fully saturated rings. The third-order valence-electron chi connectivity index (χ3n) is 3.59. The predicted molar refractivity (Wildman–Crippen MR) is 76.2 cm³/mol. The van der Waals surface area contributed by atoms with E-state index in [1.54, 1.807) is 18.2 Å². The fourth-order valence-electron chi connectivity index (χ4n) is 2.55. The minimum absolute atomic E-state index is 0. The maximum absolute atomic E-state index is 13.9. The second kappa shape index (κ2) is 6.85. The summed E-state index contributed by atoms with van der Waals surface area (Å²) in [4.78, 5) is 0. The Morgan fingerprint density at radius 3 is 2.56 bits per heavy atom. The van der Waals surface area contributed by atoms with E-state index in [-0.39, 0.29) is 24.1 Å². The number of rotatable bonds is 3. The lowest BCUT2D eigenvalue weighted by atomic mass is 9.91. The van der Waals surface area contributed by atoms with Crippen molar-refractivity contribution in [3.05, 3.63) is 34.1 Å². The number of halogens is 3. The second-order valence-corrected chi connectivity index (χ2v) is 5.56. The molecule has 0 bridgehead atoms. The molecule has 1 aliphatic carbocycles. The van der Waals surface area contributed by atoms with Gasteiger partial charge in [-0.25, -0.2) is 4.39 Å². The van der Waals surface area contributed by atoms with Crippen LogP contribution < -0.4 is 5.73 Å². The Balaban J connectivity index is 0.00000162. The van der Waals surface area contributed by atoms with Crippen molar-refractivity contribution in [3.63, 3.8) is 0 Å². The number of aliphatic hydroxyl groups is 1. The summed E-state index contributed by atoms with van der Waals surface area (Å²) in [6, 6.07) is 4.37. The van der Waals surface area contributed by atoms with E-state index in [9.17, 15) is 9.50 Å². The van der Waals surface area contributed by atoms with Gasteiger partial charge in [0.15, 0.2) is 0 Å². The third-order valence-corrected chi connectivity index (χ3v) is 4.20. The van der Waals surface area contributed by atoms with Gasteiger partial charge in [-0.05, 0) is 40.8 Å². The van der Waals surface area contributed by atoms with Gasteiger partial charge in [0, 0.05) is 5.56 Å². The summed E-state index contributed by atoms with van der Waals surface area (Å²) in [5.41, 5.74) is 6.36. The van der Waals surface area contributed by atoms with Crippen molar-refractivity contribution < 1.29 is 9.50 Å². The molecule has 0 unspecified atom stereocenters. The van der Waals surface area contributed by atoms with Crippen LogP contribution in [0.5, 0.6) is 0 Å². The number of benzene rings is 1. The van der Waals surface area contributed by atoms with E-state index in [4.69, 9.17) is 5.73 Å². The lowest BCUT2D eigenvalue weighted by Gasteiger charge is -2.25. The molecular weight excluding hydrogens is 321 g/mol. The largest absolute Gasteiger partial charge is 0.391 e. The predicted octanol–water partition coefficient (Wildman–Crippen LogP) is 3.56. The molecule has 2 nitrogen and oxygen atoms in total. The summed E-state index contributed by atoms with van der Waals surface area (Å²) < 4.78 is 14.3. The first-order chi connectivity index (χ1) is 8.11. The molecule has 1 aromatic carbocycles. The smallest absolute Gasteiger partial charge is 0.142 e. The molecule has 1 aliphatic rings. The lowest BCUT2D eigenvalue weighted by molar-refractivity contribution is 0.0832. The van der Waals surface area contributed by atoms with Crippen molar-refractivity contribution >= 4 is 28.3 Å². The van der Waals surface area contributed by atoms with Crippen LogP contribution >= 0.6 is 28.3 Å². The van der Waals surface area contributed by atoms with Gasteiger partial charge in [-0.15, -0.1) is 12.4 Å². The standard InChI is InChI=1S/C13H17BrFNO.ClH/c14-10-7-3-6-9(11(10)15)12(16)13(17)8-4-1-2-5-8;/h3,6-8,12-13,17H,1-2,4-5,16H2;1H/t12-,13+;/m1./s1. The molecule has 3 N–H and O–H groups in total. The second-order valence-electron chi connectivity index (χ2n) is 4.70. The third kappa shape index (κ3) is 3.23. The SMILES string of the molecule is Cl.N[C@H](c1cccc(Br)c1F)[C@@H](O)C1CCCC1. The molecule has 0 radical (unpaired) electrons. The van der Waals surface area contributed by atoms with Gasteiger partial charge in [-0.2, -0.15) is 0 Å². The van der Waals surface area contributed by atoms with Crippen LogP contribution in [0, 0.1) is 11.7 Å². The molecule has 102 valence electrons. The lowest BCUT2D eigenvalue weighted by Crippen LogP contribution is -2.32. The van der Waals surface area contributed by atoms with E-state index in [0.29, 0.717) is 10.0 Å². The van der Waals surface area contributed by atoms with Crippen molar-refractivity contribution in [2.75, 3.05) is 0 Å². The van der Waals surface area contributed by atoms with E-state index >= 15 is 0 Å². The summed E-state index contributed by atoms with van der Waals surface area (Å²) in [6.07, 6.45) is 3.60. The molecule has 0 heterocycles. The maximum atomic E-state index is 13.9. The Morgan fingerprint density at radius 2 is 1.94 bits per heavy atom. The van der Waals surface area contributed by atoms with Gasteiger partial charge in [-0.1, -0.05) is 25.0 Å². The van der Waals surface area contributed by atoms with Crippen LogP contribution in [-0.2, 0) is 0 Å². The molecule has 0 amide bonds. The summed E-state index contributed by atoms with van der Waals surface area (Å²) >= 11 is 3.13. The summed E-state index contributed by atoms with van der Waals surface area (Å²) in [7, 11) is 0. The molecule has 0 spiro atoms. The Labute approximate surface area is 121 Å². The van der Waals surface area contributed by atoms with Crippen LogP contribution in [0.3, 0.4) is 0 Å². The zero-order valence-electron chi connectivity index (χ0n) is 9.98. The highest BCUT2D eigenvalue weighted by Gasteiger charge is 2.30. The first-order valence-corrected chi connectivity index (χ1v) is 6.78. The van der Waals surface area contributed by atoms with E-state index in [1.807, 2.05) is 0 Å². The number of aliphatic hydroxyl groups excluding tert-OH is 1. The first kappa shape index (κ1) is 15.9. The van der Waals surface area contributed by atoms with E-state index < -0.39 is 12.1 Å². The van der Waals surface area contributed by atoms with Gasteiger partial charge in [0.05, 0.1) is 16.6 Å². The van der Waals surface area contributed by atoms with Gasteiger partial charge in [0.2, 0.25) is 0 Å². The zero-order chi connectivity index (χ0) is 12.4. The van der Waals surface area contributed by atoms with Crippen LogP contribution in [0.1, 0.15) is 37.3 Å². The van der Waals surface area contributed by atoms with Gasteiger partial charge in [0.1, 0.15) is 5.82 Å². The van der Waals surface area contributed by atoms with Gasteiger partial charge in [-0.3, -0.25) is 0 Å².